The van der Waals surface area contributed by atoms with Crippen LogP contribution in [0.4, 0.5) is 0 Å². The Morgan fingerprint density at radius 2 is 1.04 bits per heavy atom. The molecule has 0 bridgehead atoms. The Bertz CT molecular complexity index is 2280. The first-order valence-electron chi connectivity index (χ1n) is 22.7. The third kappa shape index (κ3) is 18.0. The highest BCUT2D eigenvalue weighted by molar-refractivity contribution is 5.98. The van der Waals surface area contributed by atoms with Gasteiger partial charge in [0.1, 0.15) is 36.3 Å². The first-order chi connectivity index (χ1) is 32.9. The number of unbranched alkanes of at least 4 members (excludes halogenated alkanes) is 1. The molecule has 4 rings (SSSR count). The largest absolute Gasteiger partial charge is 0.481 e. The Morgan fingerprint density at radius 3 is 1.55 bits per heavy atom. The molecule has 7 atom stereocenters. The highest BCUT2D eigenvalue weighted by atomic mass is 16.4. The first kappa shape index (κ1) is 54.2. The number of aliphatic carboxylic acids is 4. The van der Waals surface area contributed by atoms with Gasteiger partial charge >= 0.3 is 23.9 Å². The third-order valence-corrected chi connectivity index (χ3v) is 11.4. The number of H-pyrrole nitrogens is 1. The molecule has 0 unspecified atom stereocenters. The van der Waals surface area contributed by atoms with Gasteiger partial charge < -0.3 is 68.4 Å². The highest BCUT2D eigenvalue weighted by Crippen LogP contribution is 2.20. The lowest BCUT2D eigenvalue weighted by Crippen LogP contribution is -2.60. The Kier molecular flexibility index (Phi) is 21.5. The normalized spacial score (nSPS) is 15.8. The second-order valence-electron chi connectivity index (χ2n) is 16.7. The second-order valence-corrected chi connectivity index (χ2v) is 16.7. The van der Waals surface area contributed by atoms with Gasteiger partial charge in [-0.05, 0) is 81.6 Å². The van der Waals surface area contributed by atoms with Crippen LogP contribution >= 0.6 is 0 Å². The zero-order valence-electron chi connectivity index (χ0n) is 37.9. The number of nitrogens with one attached hydrogen (secondary N) is 8. The Balaban J connectivity index is 1.61. The van der Waals surface area contributed by atoms with E-state index >= 15 is 0 Å². The summed E-state index contributed by atoms with van der Waals surface area (Å²) in [6.07, 6.45) is -0.146. The number of rotatable bonds is 30. The summed E-state index contributed by atoms with van der Waals surface area (Å²) < 4.78 is 0. The number of para-hydroxylation sites is 1. The molecule has 1 saturated heterocycles. The van der Waals surface area contributed by atoms with Crippen molar-refractivity contribution in [3.63, 3.8) is 0 Å². The zero-order chi connectivity index (χ0) is 50.5. The molecule has 2 aromatic carbocycles. The summed E-state index contributed by atoms with van der Waals surface area (Å²) in [4.78, 5) is 134. The SMILES string of the molecule is NCCCC[C@H](NC(=O)[C@H](Cc1c[nH]c2ccccc12)NC(=O)[C@H](CCC(=O)O)NC(=O)[C@H](CCC(=O)O)NC(=O)[C@H](Cc1ccccc1)NC(=O)[C@H](CCC(=O)O)NC(=O)[C@@H]1CCCN1)C(=O)O. The molecule has 0 radical (unpaired) electrons. The topological polar surface area (TPSA) is 378 Å². The predicted molar refractivity (Wildman–Crippen MR) is 246 cm³/mol. The summed E-state index contributed by atoms with van der Waals surface area (Å²) in [5, 5.41) is 57.1. The average molecular weight is 964 g/mol. The third-order valence-electron chi connectivity index (χ3n) is 11.4. The second kappa shape index (κ2) is 27.4. The highest BCUT2D eigenvalue weighted by Gasteiger charge is 2.35. The molecule has 0 spiro atoms. The molecular formula is C46H61N9O14. The van der Waals surface area contributed by atoms with Crippen LogP contribution < -0.4 is 43.0 Å². The Hall–Kier alpha value is -7.40. The number of amides is 6. The number of hydrogen-bond acceptors (Lipinski definition) is 12. The molecule has 6 amide bonds. The van der Waals surface area contributed by atoms with Crippen LogP contribution in [0.3, 0.4) is 0 Å². The summed E-state index contributed by atoms with van der Waals surface area (Å²) >= 11 is 0. The number of carboxylic acids is 4. The van der Waals surface area contributed by atoms with Crippen molar-refractivity contribution in [2.24, 2.45) is 5.73 Å². The van der Waals surface area contributed by atoms with Crippen LogP contribution in [-0.2, 0) is 60.8 Å². The summed E-state index contributed by atoms with van der Waals surface area (Å²) in [6.45, 7) is 0.838. The van der Waals surface area contributed by atoms with E-state index in [-0.39, 0.29) is 32.2 Å². The predicted octanol–water partition coefficient (Wildman–Crippen LogP) is -0.578. The molecular weight excluding hydrogens is 903 g/mol. The van der Waals surface area contributed by atoms with E-state index in [9.17, 15) is 68.4 Å². The fourth-order valence-electron chi connectivity index (χ4n) is 7.69. The average Bonchev–Trinajstić information content (AvgIpc) is 4.01. The van der Waals surface area contributed by atoms with Crippen molar-refractivity contribution in [3.05, 3.63) is 71.9 Å². The molecule has 14 N–H and O–H groups in total. The van der Waals surface area contributed by atoms with Gasteiger partial charge in [-0.2, -0.15) is 0 Å². The maximum absolute atomic E-state index is 14.2. The molecule has 23 nitrogen and oxygen atoms in total. The van der Waals surface area contributed by atoms with Crippen LogP contribution in [0.1, 0.15) is 81.8 Å². The van der Waals surface area contributed by atoms with Crippen LogP contribution in [0.2, 0.25) is 0 Å². The number of carbonyl (C=O) groups excluding carboxylic acids is 6. The standard InChI is InChI=1S/C46H61N9O14/c47-21-7-6-13-34(46(68)69)53-45(67)36(24-27-25-49-29-12-5-4-11-28(27)29)55-43(65)33(17-20-39(60)61)51-41(63)31(15-18-37(56)57)52-44(66)35(23-26-9-2-1-3-10-26)54-42(64)32(16-19-38(58)59)50-40(62)30-14-8-22-48-30/h1-5,9-12,25,30-36,48-49H,6-8,13-24,47H2,(H,50,62)(H,51,63)(H,52,66)(H,53,67)(H,54,64)(H,55,65)(H,56,57)(H,58,59)(H,60,61)(H,68,69)/t30-,31-,32-,33-,34-,35-,36-/m0/s1. The molecule has 3 aromatic rings. The number of hydrogen-bond donors (Lipinski definition) is 13. The minimum Gasteiger partial charge on any atom is -0.481 e. The van der Waals surface area contributed by atoms with Crippen molar-refractivity contribution in [1.82, 2.24) is 42.2 Å². The molecule has 1 aliphatic heterocycles. The van der Waals surface area contributed by atoms with Crippen LogP contribution in [0.15, 0.2) is 60.8 Å². The molecule has 0 saturated carbocycles. The molecule has 1 aliphatic rings. The fraction of sp³-hybridized carbons (Fsp3) is 0.478. The van der Waals surface area contributed by atoms with Gasteiger partial charge in [0.15, 0.2) is 0 Å². The maximum Gasteiger partial charge on any atom is 0.326 e. The van der Waals surface area contributed by atoms with E-state index in [2.05, 4.69) is 42.2 Å². The quantitative estimate of drug-likeness (QED) is 0.0372. The number of aromatic nitrogens is 1. The summed E-state index contributed by atoms with van der Waals surface area (Å²) in [7, 11) is 0. The summed E-state index contributed by atoms with van der Waals surface area (Å²) in [5.74, 6) is -11.0. The lowest BCUT2D eigenvalue weighted by atomic mass is 10.0. The van der Waals surface area contributed by atoms with E-state index in [0.29, 0.717) is 54.3 Å². The van der Waals surface area contributed by atoms with Gasteiger partial charge in [-0.25, -0.2) is 4.79 Å². The summed E-state index contributed by atoms with van der Waals surface area (Å²) in [6, 6.07) is 5.48. The summed E-state index contributed by atoms with van der Waals surface area (Å²) in [5.41, 5.74) is 7.32. The van der Waals surface area contributed by atoms with Crippen molar-refractivity contribution < 1.29 is 68.4 Å². The Morgan fingerprint density at radius 1 is 0.565 bits per heavy atom. The lowest BCUT2D eigenvalue weighted by molar-refractivity contribution is -0.142. The first-order valence-corrected chi connectivity index (χ1v) is 22.7. The van der Waals surface area contributed by atoms with E-state index < -0.39 is 134 Å². The number of carboxylic acid groups (broad SMARTS) is 4. The fourth-order valence-corrected chi connectivity index (χ4v) is 7.69. The monoisotopic (exact) mass is 963 g/mol. The number of aromatic amines is 1. The van der Waals surface area contributed by atoms with Gasteiger partial charge in [-0.3, -0.25) is 43.2 Å². The molecule has 69 heavy (non-hydrogen) atoms. The van der Waals surface area contributed by atoms with Crippen molar-refractivity contribution in [2.45, 2.75) is 126 Å². The van der Waals surface area contributed by atoms with Crippen molar-refractivity contribution in [2.75, 3.05) is 13.1 Å². The Labute approximate surface area is 396 Å². The number of fused-ring (bicyclic) bond motifs is 1. The van der Waals surface area contributed by atoms with E-state index in [4.69, 9.17) is 5.73 Å². The molecule has 23 heteroatoms. The lowest BCUT2D eigenvalue weighted by Gasteiger charge is -2.27. The number of carbonyl (C=O) groups is 10. The number of benzene rings is 2. The smallest absolute Gasteiger partial charge is 0.326 e. The molecule has 374 valence electrons. The van der Waals surface area contributed by atoms with Crippen LogP contribution in [0, 0.1) is 0 Å². The van der Waals surface area contributed by atoms with Gasteiger partial charge in [0.2, 0.25) is 35.4 Å². The van der Waals surface area contributed by atoms with Crippen LogP contribution in [0.5, 0.6) is 0 Å². The molecule has 2 heterocycles. The van der Waals surface area contributed by atoms with Crippen molar-refractivity contribution in [1.29, 1.82) is 0 Å². The molecule has 0 aliphatic carbocycles. The van der Waals surface area contributed by atoms with E-state index in [1.165, 1.54) is 0 Å². The maximum atomic E-state index is 14.2. The van der Waals surface area contributed by atoms with Gasteiger partial charge in [0.05, 0.1) is 6.04 Å². The van der Waals surface area contributed by atoms with Crippen molar-refractivity contribution >= 4 is 70.2 Å². The minimum atomic E-state index is -1.73. The minimum absolute atomic E-state index is 0.0165. The van der Waals surface area contributed by atoms with Gasteiger partial charge in [-0.15, -0.1) is 0 Å². The van der Waals surface area contributed by atoms with Crippen LogP contribution in [0.25, 0.3) is 10.9 Å². The van der Waals surface area contributed by atoms with E-state index in [1.54, 1.807) is 60.8 Å². The van der Waals surface area contributed by atoms with Gasteiger partial charge in [0, 0.05) is 49.2 Å². The van der Waals surface area contributed by atoms with Crippen molar-refractivity contribution in [3.8, 4) is 0 Å². The molecule has 1 aromatic heterocycles. The zero-order valence-corrected chi connectivity index (χ0v) is 37.9. The van der Waals surface area contributed by atoms with E-state index in [0.717, 1.165) is 0 Å². The van der Waals surface area contributed by atoms with E-state index in [1.807, 2.05) is 0 Å². The van der Waals surface area contributed by atoms with Gasteiger partial charge in [0.25, 0.3) is 0 Å². The number of nitrogens with two attached hydrogens (primary N) is 1. The molecule has 1 fully saturated rings. The van der Waals surface area contributed by atoms with Gasteiger partial charge in [-0.1, -0.05) is 48.5 Å². The van der Waals surface area contributed by atoms with Crippen LogP contribution in [-0.4, -0.2) is 140 Å².